The van der Waals surface area contributed by atoms with E-state index in [4.69, 9.17) is 9.47 Å². The largest absolute Gasteiger partial charge is 0.467 e. The molecule has 0 radical (unpaired) electrons. The van der Waals surface area contributed by atoms with Gasteiger partial charge < -0.3 is 20.1 Å². The third-order valence-corrected chi connectivity index (χ3v) is 4.67. The summed E-state index contributed by atoms with van der Waals surface area (Å²) in [6, 6.07) is 16.7. The van der Waals surface area contributed by atoms with Gasteiger partial charge in [0.25, 0.3) is 0 Å². The second-order valence-corrected chi connectivity index (χ2v) is 7.55. The van der Waals surface area contributed by atoms with E-state index in [0.717, 1.165) is 16.7 Å². The number of benzene rings is 2. The van der Waals surface area contributed by atoms with Gasteiger partial charge in [0.1, 0.15) is 18.7 Å². The molecule has 32 heavy (non-hydrogen) atoms. The number of methoxy groups -OCH3 is 1. The molecule has 0 bridgehead atoms. The lowest BCUT2D eigenvalue weighted by atomic mass is 10.0. The fourth-order valence-corrected chi connectivity index (χ4v) is 2.95. The number of alkyl carbamates (subject to hydrolysis) is 1. The van der Waals surface area contributed by atoms with E-state index in [-0.39, 0.29) is 19.4 Å². The first-order valence-corrected chi connectivity index (χ1v) is 10.4. The average Bonchev–Trinajstić information content (AvgIpc) is 2.80. The molecule has 0 aliphatic heterocycles. The molecule has 2 aromatic carbocycles. The maximum atomic E-state index is 13.0. The highest BCUT2D eigenvalue weighted by Gasteiger charge is 2.27. The maximum absolute atomic E-state index is 13.0. The van der Waals surface area contributed by atoms with Gasteiger partial charge in [-0.1, -0.05) is 72.3 Å². The molecule has 0 aliphatic carbocycles. The number of carbonyl (C=O) groups excluding carboxylic acids is 3. The molecular weight excluding hydrogens is 408 g/mol. The number of hydrogen-bond acceptors (Lipinski definition) is 5. The molecule has 0 aromatic heterocycles. The van der Waals surface area contributed by atoms with Crippen molar-refractivity contribution in [3.63, 3.8) is 0 Å². The number of rotatable bonds is 10. The minimum atomic E-state index is -0.931. The molecule has 0 saturated carbocycles. The van der Waals surface area contributed by atoms with Gasteiger partial charge in [-0.15, -0.1) is 0 Å². The van der Waals surface area contributed by atoms with Crippen LogP contribution in [0.1, 0.15) is 31.4 Å². The topological polar surface area (TPSA) is 93.7 Å². The molecule has 0 fully saturated rings. The number of carbonyl (C=O) groups is 3. The minimum Gasteiger partial charge on any atom is -0.467 e. The lowest BCUT2D eigenvalue weighted by Crippen LogP contribution is -2.52. The molecule has 7 heteroatoms. The summed E-state index contributed by atoms with van der Waals surface area (Å²) in [7, 11) is 1.27. The molecule has 2 rings (SSSR count). The Hall–Kier alpha value is -3.61. The first-order valence-electron chi connectivity index (χ1n) is 10.4. The molecule has 2 N–H and O–H groups in total. The van der Waals surface area contributed by atoms with Gasteiger partial charge in [0.15, 0.2) is 0 Å². The van der Waals surface area contributed by atoms with Crippen molar-refractivity contribution in [1.82, 2.24) is 10.6 Å². The van der Waals surface area contributed by atoms with Gasteiger partial charge in [0.2, 0.25) is 5.91 Å². The van der Waals surface area contributed by atoms with Crippen LogP contribution in [0.3, 0.4) is 0 Å². The van der Waals surface area contributed by atoms with E-state index in [9.17, 15) is 14.4 Å². The van der Waals surface area contributed by atoms with E-state index >= 15 is 0 Å². The Morgan fingerprint density at radius 1 is 0.875 bits per heavy atom. The van der Waals surface area contributed by atoms with Crippen LogP contribution in [-0.2, 0) is 32.1 Å². The number of nitrogens with one attached hydrogen (secondary N) is 2. The molecule has 0 heterocycles. The van der Waals surface area contributed by atoms with Crippen LogP contribution in [0.4, 0.5) is 4.79 Å². The zero-order chi connectivity index (χ0) is 23.3. The third-order valence-electron chi connectivity index (χ3n) is 4.67. The van der Waals surface area contributed by atoms with Crippen molar-refractivity contribution in [3.8, 4) is 0 Å². The molecule has 0 aliphatic rings. The van der Waals surface area contributed by atoms with E-state index in [0.29, 0.717) is 0 Å². The van der Waals surface area contributed by atoms with Crippen LogP contribution in [0.25, 0.3) is 0 Å². The Bertz CT molecular complexity index is 908. The van der Waals surface area contributed by atoms with Crippen LogP contribution < -0.4 is 10.6 Å². The highest BCUT2D eigenvalue weighted by atomic mass is 16.5. The molecule has 0 unspecified atom stereocenters. The Balaban J connectivity index is 2.09. The van der Waals surface area contributed by atoms with E-state index in [1.54, 1.807) is 0 Å². The summed E-state index contributed by atoms with van der Waals surface area (Å²) < 4.78 is 10.1. The van der Waals surface area contributed by atoms with Crippen LogP contribution in [0.2, 0.25) is 0 Å². The number of amides is 2. The summed E-state index contributed by atoms with van der Waals surface area (Å²) in [6.07, 6.45) is 1.65. The van der Waals surface area contributed by atoms with Crippen LogP contribution in [0, 0.1) is 0 Å². The van der Waals surface area contributed by atoms with Crippen LogP contribution in [0.5, 0.6) is 0 Å². The van der Waals surface area contributed by atoms with Crippen molar-refractivity contribution in [2.75, 3.05) is 7.11 Å². The van der Waals surface area contributed by atoms with Crippen LogP contribution >= 0.6 is 0 Å². The maximum Gasteiger partial charge on any atom is 0.408 e. The summed E-state index contributed by atoms with van der Waals surface area (Å²) >= 11 is 0. The summed E-state index contributed by atoms with van der Waals surface area (Å²) in [6.45, 7) is 3.88. The average molecular weight is 439 g/mol. The van der Waals surface area contributed by atoms with Crippen molar-refractivity contribution in [2.45, 2.75) is 45.4 Å². The summed E-state index contributed by atoms with van der Waals surface area (Å²) in [5.41, 5.74) is 2.70. The quantitative estimate of drug-likeness (QED) is 0.437. The SMILES string of the molecule is COC(=O)[C@H](CC=C(C)C)NC(=O)[C@H](Cc1ccccc1)NC(=O)OCc1ccccc1. The van der Waals surface area contributed by atoms with E-state index in [1.165, 1.54) is 7.11 Å². The number of allylic oxidation sites excluding steroid dienone is 1. The monoisotopic (exact) mass is 438 g/mol. The molecule has 2 amide bonds. The first-order chi connectivity index (χ1) is 15.4. The molecule has 2 atom stereocenters. The van der Waals surface area contributed by atoms with Gasteiger partial charge in [0.05, 0.1) is 7.11 Å². The van der Waals surface area contributed by atoms with Gasteiger partial charge in [-0.3, -0.25) is 4.79 Å². The van der Waals surface area contributed by atoms with Crippen molar-refractivity contribution in [1.29, 1.82) is 0 Å². The van der Waals surface area contributed by atoms with Crippen LogP contribution in [0.15, 0.2) is 72.3 Å². The Morgan fingerprint density at radius 2 is 1.47 bits per heavy atom. The highest BCUT2D eigenvalue weighted by molar-refractivity contribution is 5.90. The van der Waals surface area contributed by atoms with E-state index in [1.807, 2.05) is 80.6 Å². The van der Waals surface area contributed by atoms with Crippen LogP contribution in [-0.4, -0.2) is 37.2 Å². The van der Waals surface area contributed by atoms with E-state index in [2.05, 4.69) is 10.6 Å². The third kappa shape index (κ3) is 8.63. The molecule has 0 saturated heterocycles. The lowest BCUT2D eigenvalue weighted by molar-refractivity contribution is -0.145. The van der Waals surface area contributed by atoms with E-state index < -0.39 is 30.1 Å². The summed E-state index contributed by atoms with van der Waals surface area (Å²) in [5.74, 6) is -1.05. The van der Waals surface area contributed by atoms with Crippen molar-refractivity contribution in [2.24, 2.45) is 0 Å². The van der Waals surface area contributed by atoms with Gasteiger partial charge in [-0.25, -0.2) is 9.59 Å². The smallest absolute Gasteiger partial charge is 0.408 e. The highest BCUT2D eigenvalue weighted by Crippen LogP contribution is 2.07. The molecule has 170 valence electrons. The summed E-state index contributed by atoms with van der Waals surface area (Å²) in [5, 5.41) is 5.32. The predicted octanol–water partition coefficient (Wildman–Crippen LogP) is 3.54. The predicted molar refractivity (Wildman–Crippen MR) is 122 cm³/mol. The van der Waals surface area contributed by atoms with Crippen molar-refractivity contribution < 1.29 is 23.9 Å². The Kier molecular flexibility index (Phi) is 9.97. The Labute approximate surface area is 188 Å². The number of hydrogen-bond donors (Lipinski definition) is 2. The number of esters is 1. The van der Waals surface area contributed by atoms with Gasteiger partial charge in [-0.2, -0.15) is 0 Å². The zero-order valence-electron chi connectivity index (χ0n) is 18.7. The number of ether oxygens (including phenoxy) is 2. The summed E-state index contributed by atoms with van der Waals surface area (Å²) in [4.78, 5) is 37.6. The first kappa shape index (κ1) is 24.7. The minimum absolute atomic E-state index is 0.0811. The molecule has 7 nitrogen and oxygen atoms in total. The fraction of sp³-hybridized carbons (Fsp3) is 0.320. The lowest BCUT2D eigenvalue weighted by Gasteiger charge is -2.22. The molecule has 2 aromatic rings. The van der Waals surface area contributed by atoms with Gasteiger partial charge in [-0.05, 0) is 31.4 Å². The van der Waals surface area contributed by atoms with Crippen molar-refractivity contribution in [3.05, 3.63) is 83.4 Å². The fourth-order valence-electron chi connectivity index (χ4n) is 2.95. The molecular formula is C25H30N2O5. The van der Waals surface area contributed by atoms with Gasteiger partial charge >= 0.3 is 12.1 Å². The zero-order valence-corrected chi connectivity index (χ0v) is 18.7. The second kappa shape index (κ2) is 12.9. The normalized spacial score (nSPS) is 12.1. The van der Waals surface area contributed by atoms with Gasteiger partial charge in [0, 0.05) is 6.42 Å². The standard InChI is InChI=1S/C25H30N2O5/c1-18(2)14-15-21(24(29)31-3)26-23(28)22(16-19-10-6-4-7-11-19)27-25(30)32-17-20-12-8-5-9-13-20/h4-14,21-22H,15-17H2,1-3H3,(H,26,28)(H,27,30)/t21-,22-/m0/s1. The van der Waals surface area contributed by atoms with Crippen molar-refractivity contribution >= 4 is 18.0 Å². The Morgan fingerprint density at radius 3 is 2.03 bits per heavy atom. The molecule has 0 spiro atoms. The second-order valence-electron chi connectivity index (χ2n) is 7.55.